The number of nitrogens with one attached hydrogen (secondary N) is 1. The predicted octanol–water partition coefficient (Wildman–Crippen LogP) is 1.63. The van der Waals surface area contributed by atoms with Gasteiger partial charge in [-0.05, 0) is 23.6 Å². The number of hydrazine groups is 1. The van der Waals surface area contributed by atoms with Crippen molar-refractivity contribution in [2.75, 3.05) is 0 Å². The molecule has 13 nitrogen and oxygen atoms in total. The molecular formula is C22H22N6O7. The Bertz CT molecular complexity index is 1230. The minimum Gasteiger partial charge on any atom is -0.481 e. The van der Waals surface area contributed by atoms with Crippen LogP contribution in [0.2, 0.25) is 0 Å². The minimum atomic E-state index is -1.58. The van der Waals surface area contributed by atoms with Gasteiger partial charge in [0.1, 0.15) is 5.54 Å². The molecule has 3 rings (SSSR count). The van der Waals surface area contributed by atoms with E-state index in [-0.39, 0.29) is 11.3 Å². The highest BCUT2D eigenvalue weighted by molar-refractivity contribution is 6.08. The van der Waals surface area contributed by atoms with Crippen molar-refractivity contribution < 1.29 is 29.2 Å². The molecule has 35 heavy (non-hydrogen) atoms. The maximum absolute atomic E-state index is 13.5. The van der Waals surface area contributed by atoms with Crippen molar-refractivity contribution in [3.05, 3.63) is 75.3 Å². The quantitative estimate of drug-likeness (QED) is 0.166. The number of imide groups is 1. The van der Waals surface area contributed by atoms with E-state index in [9.17, 15) is 34.4 Å². The number of hydrogen-bond donors (Lipinski definition) is 3. The Morgan fingerprint density at radius 2 is 1.94 bits per heavy atom. The number of benzene rings is 2. The summed E-state index contributed by atoms with van der Waals surface area (Å²) >= 11 is 0. The monoisotopic (exact) mass is 482 g/mol. The fourth-order valence-corrected chi connectivity index (χ4v) is 3.86. The maximum atomic E-state index is 13.5. The third-order valence-electron chi connectivity index (χ3n) is 5.55. The number of carboxylic acid groups (broad SMARTS) is 1. The summed E-state index contributed by atoms with van der Waals surface area (Å²) in [5.74, 6) is 2.14. The van der Waals surface area contributed by atoms with Gasteiger partial charge in [-0.2, -0.15) is 10.1 Å². The van der Waals surface area contributed by atoms with Gasteiger partial charge in [0, 0.05) is 19.1 Å². The average molecular weight is 482 g/mol. The van der Waals surface area contributed by atoms with E-state index in [1.165, 1.54) is 31.3 Å². The van der Waals surface area contributed by atoms with Gasteiger partial charge in [-0.15, -0.1) is 0 Å². The first-order chi connectivity index (χ1) is 16.5. The van der Waals surface area contributed by atoms with Crippen LogP contribution in [0.1, 0.15) is 43.0 Å². The summed E-state index contributed by atoms with van der Waals surface area (Å²) < 4.78 is 0. The second-order valence-corrected chi connectivity index (χ2v) is 7.90. The summed E-state index contributed by atoms with van der Waals surface area (Å²) in [7, 11) is 0. The fraction of sp³-hybridized carbons (Fsp3) is 0.227. The van der Waals surface area contributed by atoms with Gasteiger partial charge in [-0.25, -0.2) is 9.80 Å². The average Bonchev–Trinajstić information content (AvgIpc) is 3.03. The van der Waals surface area contributed by atoms with E-state index in [1.807, 2.05) is 0 Å². The van der Waals surface area contributed by atoms with Crippen molar-refractivity contribution in [3.8, 4) is 0 Å². The van der Waals surface area contributed by atoms with Crippen molar-refractivity contribution in [1.29, 1.82) is 0 Å². The van der Waals surface area contributed by atoms with Crippen molar-refractivity contribution in [3.63, 3.8) is 0 Å². The van der Waals surface area contributed by atoms with Crippen LogP contribution in [-0.2, 0) is 19.9 Å². The van der Waals surface area contributed by atoms with E-state index in [4.69, 9.17) is 5.84 Å². The zero-order valence-electron chi connectivity index (χ0n) is 18.7. The summed E-state index contributed by atoms with van der Waals surface area (Å²) in [5.41, 5.74) is -0.826. The number of hydrazone groups is 1. The number of urea groups is 1. The second kappa shape index (κ2) is 9.59. The second-order valence-electron chi connectivity index (χ2n) is 7.90. The molecule has 0 bridgehead atoms. The van der Waals surface area contributed by atoms with Crippen LogP contribution in [0.5, 0.6) is 0 Å². The molecule has 0 radical (unpaired) electrons. The lowest BCUT2D eigenvalue weighted by Crippen LogP contribution is -2.52. The molecule has 2 aromatic carbocycles. The van der Waals surface area contributed by atoms with Crippen LogP contribution in [0.4, 0.5) is 10.5 Å². The number of nitrogens with zero attached hydrogens (tertiary/aromatic N) is 4. The first-order valence-corrected chi connectivity index (χ1v) is 10.3. The van der Waals surface area contributed by atoms with Gasteiger partial charge in [0.05, 0.1) is 23.6 Å². The molecule has 0 aliphatic carbocycles. The van der Waals surface area contributed by atoms with Crippen LogP contribution in [0.15, 0.2) is 53.6 Å². The lowest BCUT2D eigenvalue weighted by molar-refractivity contribution is -0.385. The zero-order chi connectivity index (χ0) is 25.9. The topological polar surface area (TPSA) is 189 Å². The van der Waals surface area contributed by atoms with Crippen molar-refractivity contribution in [1.82, 2.24) is 15.3 Å². The van der Waals surface area contributed by atoms with E-state index < -0.39 is 46.7 Å². The van der Waals surface area contributed by atoms with Gasteiger partial charge in [0.15, 0.2) is 0 Å². The molecule has 2 aromatic rings. The maximum Gasteiger partial charge on any atom is 0.344 e. The van der Waals surface area contributed by atoms with Crippen LogP contribution < -0.4 is 11.2 Å². The molecule has 0 unspecified atom stereocenters. The van der Waals surface area contributed by atoms with Crippen LogP contribution >= 0.6 is 0 Å². The van der Waals surface area contributed by atoms with Crippen LogP contribution in [-0.4, -0.2) is 50.1 Å². The van der Waals surface area contributed by atoms with E-state index in [0.717, 1.165) is 13.0 Å². The van der Waals surface area contributed by atoms with Gasteiger partial charge in [-0.1, -0.05) is 36.4 Å². The summed E-state index contributed by atoms with van der Waals surface area (Å²) in [4.78, 5) is 61.4. The first kappa shape index (κ1) is 24.8. The summed E-state index contributed by atoms with van der Waals surface area (Å²) in [5, 5.41) is 27.9. The van der Waals surface area contributed by atoms with Crippen LogP contribution in [0.3, 0.4) is 0 Å². The van der Waals surface area contributed by atoms with Crippen molar-refractivity contribution >= 4 is 35.7 Å². The summed E-state index contributed by atoms with van der Waals surface area (Å²) in [6.45, 7) is 2.50. The molecule has 4 amide bonds. The lowest BCUT2D eigenvalue weighted by Gasteiger charge is -2.35. The van der Waals surface area contributed by atoms with Crippen molar-refractivity contribution in [2.24, 2.45) is 10.9 Å². The summed E-state index contributed by atoms with van der Waals surface area (Å²) in [6, 6.07) is 9.05. The molecule has 0 saturated carbocycles. The van der Waals surface area contributed by atoms with Gasteiger partial charge in [0.2, 0.25) is 5.91 Å². The van der Waals surface area contributed by atoms with E-state index in [1.54, 1.807) is 24.3 Å². The molecule has 1 aliphatic rings. The normalized spacial score (nSPS) is 18.4. The lowest BCUT2D eigenvalue weighted by atomic mass is 9.91. The number of nitro groups is 1. The predicted molar refractivity (Wildman–Crippen MR) is 122 cm³/mol. The highest BCUT2D eigenvalue weighted by Crippen LogP contribution is 2.35. The number of nitrogens with two attached hydrogens (primary N) is 1. The smallest absolute Gasteiger partial charge is 0.344 e. The number of carboxylic acids is 1. The van der Waals surface area contributed by atoms with E-state index >= 15 is 0 Å². The minimum absolute atomic E-state index is 0.0661. The summed E-state index contributed by atoms with van der Waals surface area (Å²) in [6.07, 6.45) is 0.669. The molecule has 1 aliphatic heterocycles. The number of hydrogen-bond acceptors (Lipinski definition) is 8. The number of carbonyl (C=O) groups is 4. The van der Waals surface area contributed by atoms with E-state index in [0.29, 0.717) is 21.1 Å². The molecule has 182 valence electrons. The molecule has 1 heterocycles. The Morgan fingerprint density at radius 1 is 1.29 bits per heavy atom. The SMILES string of the molecule is CC(=O)N([C@H](CC(=O)O)c1cccc([N+](=O)[O-])c1)N1C(=O)N[C@](C)(c2ccc(C=NN)cc2)C1=O. The number of nitro benzene ring substituents is 1. The van der Waals surface area contributed by atoms with E-state index in [2.05, 4.69) is 10.4 Å². The highest BCUT2D eigenvalue weighted by atomic mass is 16.6. The Balaban J connectivity index is 2.07. The van der Waals surface area contributed by atoms with Crippen LogP contribution in [0.25, 0.3) is 0 Å². The third kappa shape index (κ3) is 4.78. The molecule has 0 aromatic heterocycles. The molecule has 0 spiro atoms. The Morgan fingerprint density at radius 3 is 2.49 bits per heavy atom. The molecular weight excluding hydrogens is 460 g/mol. The first-order valence-electron chi connectivity index (χ1n) is 10.3. The zero-order valence-corrected chi connectivity index (χ0v) is 18.7. The molecule has 1 fully saturated rings. The highest BCUT2D eigenvalue weighted by Gasteiger charge is 2.53. The Labute approximate surface area is 198 Å². The van der Waals surface area contributed by atoms with Crippen LogP contribution in [0, 0.1) is 10.1 Å². The molecule has 1 saturated heterocycles. The number of carbonyl (C=O) groups excluding carboxylic acids is 3. The van der Waals surface area contributed by atoms with Gasteiger partial charge >= 0.3 is 12.0 Å². The number of aliphatic carboxylic acids is 1. The number of rotatable bonds is 8. The van der Waals surface area contributed by atoms with Gasteiger partial charge in [-0.3, -0.25) is 24.5 Å². The molecule has 4 N–H and O–H groups in total. The number of amides is 4. The Kier molecular flexibility index (Phi) is 6.80. The van der Waals surface area contributed by atoms with Gasteiger partial charge in [0.25, 0.3) is 11.6 Å². The Hall–Kier alpha value is -4.81. The molecule has 2 atom stereocenters. The standard InChI is InChI=1S/C22H22N6O7/c1-13(29)26(18(11-19(30)31)15-4-3-5-17(10-15)28(34)35)27-20(32)22(2,25-21(27)33)16-8-6-14(7-9-16)12-24-23/h3-10,12,18H,11,23H2,1-2H3,(H,25,33)(H,30,31)/t18-,22-/m1/s1. The number of non-ortho nitro benzene ring substituents is 1. The largest absolute Gasteiger partial charge is 0.481 e. The van der Waals surface area contributed by atoms with Gasteiger partial charge < -0.3 is 16.3 Å². The van der Waals surface area contributed by atoms with Crippen molar-refractivity contribution in [2.45, 2.75) is 31.8 Å². The molecule has 13 heteroatoms. The fourth-order valence-electron chi connectivity index (χ4n) is 3.86. The third-order valence-corrected chi connectivity index (χ3v) is 5.55.